The molecule has 126 valence electrons. The first-order valence-corrected chi connectivity index (χ1v) is 8.40. The molecule has 0 unspecified atom stereocenters. The summed E-state index contributed by atoms with van der Waals surface area (Å²) in [4.78, 5) is 10.8. The fraction of sp³-hybridized carbons (Fsp3) is 0.200. The third kappa shape index (κ3) is 3.61. The van der Waals surface area contributed by atoms with Gasteiger partial charge in [-0.05, 0) is 36.2 Å². The zero-order chi connectivity index (χ0) is 17.1. The molecular weight excluding hydrogens is 312 g/mol. The lowest BCUT2D eigenvalue weighted by atomic mass is 10.0. The van der Waals surface area contributed by atoms with Crippen molar-refractivity contribution in [1.82, 2.24) is 14.9 Å². The number of rotatable bonds is 4. The summed E-state index contributed by atoms with van der Waals surface area (Å²) in [6, 6.07) is 18.1. The van der Waals surface area contributed by atoms with E-state index in [1.807, 2.05) is 42.5 Å². The van der Waals surface area contributed by atoms with Gasteiger partial charge in [-0.15, -0.1) is 0 Å². The molecule has 4 rings (SSSR count). The number of benzene rings is 2. The minimum atomic E-state index is 0.618. The van der Waals surface area contributed by atoms with Gasteiger partial charge < -0.3 is 10.5 Å². The van der Waals surface area contributed by atoms with E-state index >= 15 is 0 Å². The van der Waals surface area contributed by atoms with Crippen molar-refractivity contribution in [2.24, 2.45) is 0 Å². The second-order valence-corrected chi connectivity index (χ2v) is 6.20. The van der Waals surface area contributed by atoms with Crippen molar-refractivity contribution in [3.8, 4) is 11.5 Å². The maximum absolute atomic E-state index is 5.94. The standard InChI is InChI=1S/C20H20N4O/c21-20-18-10-11-24(13-19(18)22-14-23-20)12-15-6-8-17(9-7-15)25-16-4-2-1-3-5-16/h1-9,14H,10-13H2,(H2,21,22,23). The van der Waals surface area contributed by atoms with Crippen LogP contribution >= 0.6 is 0 Å². The zero-order valence-electron chi connectivity index (χ0n) is 13.9. The normalized spacial score (nSPS) is 14.1. The molecule has 0 saturated heterocycles. The SMILES string of the molecule is Nc1ncnc2c1CCN(Cc1ccc(Oc3ccccc3)cc1)C2. The van der Waals surface area contributed by atoms with Crippen LogP contribution in [0.3, 0.4) is 0 Å². The zero-order valence-corrected chi connectivity index (χ0v) is 13.9. The Kier molecular flexibility index (Phi) is 4.31. The lowest BCUT2D eigenvalue weighted by molar-refractivity contribution is 0.241. The van der Waals surface area contributed by atoms with Gasteiger partial charge in [-0.25, -0.2) is 9.97 Å². The predicted molar refractivity (Wildman–Crippen MR) is 97.2 cm³/mol. The first-order valence-electron chi connectivity index (χ1n) is 8.40. The van der Waals surface area contributed by atoms with Crippen molar-refractivity contribution in [2.45, 2.75) is 19.5 Å². The average Bonchev–Trinajstić information content (AvgIpc) is 2.64. The minimum absolute atomic E-state index is 0.618. The van der Waals surface area contributed by atoms with Gasteiger partial charge in [-0.3, -0.25) is 4.90 Å². The number of nitrogens with two attached hydrogens (primary N) is 1. The average molecular weight is 332 g/mol. The Morgan fingerprint density at radius 2 is 1.72 bits per heavy atom. The van der Waals surface area contributed by atoms with Gasteiger partial charge in [0.2, 0.25) is 0 Å². The Labute approximate surface area is 147 Å². The van der Waals surface area contributed by atoms with Crippen LogP contribution in [0.4, 0.5) is 5.82 Å². The van der Waals surface area contributed by atoms with Crippen molar-refractivity contribution in [3.63, 3.8) is 0 Å². The summed E-state index contributed by atoms with van der Waals surface area (Å²) in [5.74, 6) is 2.31. The van der Waals surface area contributed by atoms with Crippen LogP contribution in [0.25, 0.3) is 0 Å². The van der Waals surface area contributed by atoms with Crippen LogP contribution in [0.15, 0.2) is 60.9 Å². The van der Waals surface area contributed by atoms with Crippen LogP contribution in [-0.4, -0.2) is 21.4 Å². The fourth-order valence-electron chi connectivity index (χ4n) is 3.11. The first kappa shape index (κ1) is 15.6. The third-order valence-electron chi connectivity index (χ3n) is 4.43. The van der Waals surface area contributed by atoms with Gasteiger partial charge in [0.15, 0.2) is 0 Å². The van der Waals surface area contributed by atoms with Gasteiger partial charge in [0.05, 0.1) is 5.69 Å². The molecule has 3 aromatic rings. The molecule has 0 atom stereocenters. The van der Waals surface area contributed by atoms with Gasteiger partial charge in [-0.2, -0.15) is 0 Å². The smallest absolute Gasteiger partial charge is 0.130 e. The molecule has 0 fully saturated rings. The molecule has 0 amide bonds. The molecule has 2 heterocycles. The number of hydrogen-bond donors (Lipinski definition) is 1. The minimum Gasteiger partial charge on any atom is -0.457 e. The Bertz CT molecular complexity index is 849. The Morgan fingerprint density at radius 1 is 0.960 bits per heavy atom. The summed E-state index contributed by atoms with van der Waals surface area (Å²) in [6.07, 6.45) is 2.45. The molecule has 5 nitrogen and oxygen atoms in total. The van der Waals surface area contributed by atoms with Crippen molar-refractivity contribution in [3.05, 3.63) is 77.7 Å². The number of nitrogens with zero attached hydrogens (tertiary/aromatic N) is 3. The van der Waals surface area contributed by atoms with Crippen molar-refractivity contribution < 1.29 is 4.74 Å². The summed E-state index contributed by atoms with van der Waals surface area (Å²) >= 11 is 0. The molecule has 0 aliphatic carbocycles. The van der Waals surface area contributed by atoms with E-state index in [0.29, 0.717) is 5.82 Å². The highest BCUT2D eigenvalue weighted by Crippen LogP contribution is 2.24. The summed E-state index contributed by atoms with van der Waals surface area (Å²) in [5.41, 5.74) is 9.34. The summed E-state index contributed by atoms with van der Waals surface area (Å²) < 4.78 is 5.84. The Hall–Kier alpha value is -2.92. The van der Waals surface area contributed by atoms with Crippen LogP contribution in [0.1, 0.15) is 16.8 Å². The Morgan fingerprint density at radius 3 is 2.52 bits per heavy atom. The van der Waals surface area contributed by atoms with Gasteiger partial charge in [0.1, 0.15) is 23.6 Å². The Balaban J connectivity index is 1.40. The van der Waals surface area contributed by atoms with E-state index in [1.54, 1.807) is 6.33 Å². The summed E-state index contributed by atoms with van der Waals surface area (Å²) in [7, 11) is 0. The van der Waals surface area contributed by atoms with E-state index in [4.69, 9.17) is 10.5 Å². The van der Waals surface area contributed by atoms with Crippen LogP contribution in [0, 0.1) is 0 Å². The molecule has 2 N–H and O–H groups in total. The van der Waals surface area contributed by atoms with Gasteiger partial charge >= 0.3 is 0 Å². The number of hydrogen-bond acceptors (Lipinski definition) is 5. The highest BCUT2D eigenvalue weighted by molar-refractivity contribution is 5.42. The van der Waals surface area contributed by atoms with E-state index in [-0.39, 0.29) is 0 Å². The molecule has 1 aromatic heterocycles. The molecule has 0 bridgehead atoms. The molecule has 2 aromatic carbocycles. The fourth-order valence-corrected chi connectivity index (χ4v) is 3.11. The molecule has 5 heteroatoms. The van der Waals surface area contributed by atoms with E-state index in [9.17, 15) is 0 Å². The van der Waals surface area contributed by atoms with Gasteiger partial charge in [0.25, 0.3) is 0 Å². The molecule has 1 aliphatic rings. The lowest BCUT2D eigenvalue weighted by Gasteiger charge is -2.28. The molecule has 0 saturated carbocycles. The second-order valence-electron chi connectivity index (χ2n) is 6.20. The van der Waals surface area contributed by atoms with Gasteiger partial charge in [-0.1, -0.05) is 30.3 Å². The number of aromatic nitrogens is 2. The van der Waals surface area contributed by atoms with Gasteiger partial charge in [0, 0.05) is 25.2 Å². The lowest BCUT2D eigenvalue weighted by Crippen LogP contribution is -2.31. The van der Waals surface area contributed by atoms with E-state index in [1.165, 1.54) is 5.56 Å². The van der Waals surface area contributed by atoms with Crippen molar-refractivity contribution in [2.75, 3.05) is 12.3 Å². The largest absolute Gasteiger partial charge is 0.457 e. The maximum atomic E-state index is 5.94. The molecule has 1 aliphatic heterocycles. The molecule has 25 heavy (non-hydrogen) atoms. The molecular formula is C20H20N4O. The summed E-state index contributed by atoms with van der Waals surface area (Å²) in [6.45, 7) is 2.66. The number of ether oxygens (including phenoxy) is 1. The van der Waals surface area contributed by atoms with Crippen LogP contribution in [-0.2, 0) is 19.5 Å². The highest BCUT2D eigenvalue weighted by atomic mass is 16.5. The molecule has 0 spiro atoms. The van der Waals surface area contributed by atoms with Crippen LogP contribution in [0.2, 0.25) is 0 Å². The first-order chi connectivity index (χ1) is 12.3. The van der Waals surface area contributed by atoms with Crippen molar-refractivity contribution >= 4 is 5.82 Å². The monoisotopic (exact) mass is 332 g/mol. The maximum Gasteiger partial charge on any atom is 0.130 e. The number of nitrogen functional groups attached to an aromatic ring is 1. The van der Waals surface area contributed by atoms with E-state index in [2.05, 4.69) is 27.0 Å². The second kappa shape index (κ2) is 6.91. The third-order valence-corrected chi connectivity index (χ3v) is 4.43. The van der Waals surface area contributed by atoms with E-state index < -0.39 is 0 Å². The van der Waals surface area contributed by atoms with Crippen molar-refractivity contribution in [1.29, 1.82) is 0 Å². The quantitative estimate of drug-likeness (QED) is 0.793. The summed E-state index contributed by atoms with van der Waals surface area (Å²) in [5, 5.41) is 0. The topological polar surface area (TPSA) is 64.3 Å². The number of fused-ring (bicyclic) bond motifs is 1. The predicted octanol–water partition coefficient (Wildman–Crippen LogP) is 3.41. The van der Waals surface area contributed by atoms with E-state index in [0.717, 1.165) is 48.8 Å². The number of para-hydroxylation sites is 1. The van der Waals surface area contributed by atoms with Crippen LogP contribution in [0.5, 0.6) is 11.5 Å². The van der Waals surface area contributed by atoms with Crippen LogP contribution < -0.4 is 10.5 Å². The number of anilines is 1. The highest BCUT2D eigenvalue weighted by Gasteiger charge is 2.19. The molecule has 0 radical (unpaired) electrons.